The number of benzene rings is 2. The maximum absolute atomic E-state index is 12.5. The molecule has 0 spiro atoms. The molecule has 182 valence electrons. The molecule has 1 aliphatic rings. The number of fused-ring (bicyclic) bond motifs is 1. The van der Waals surface area contributed by atoms with Gasteiger partial charge in [-0.25, -0.2) is 4.79 Å². The third kappa shape index (κ3) is 6.47. The molecule has 0 aliphatic heterocycles. The summed E-state index contributed by atoms with van der Waals surface area (Å²) in [6.07, 6.45) is 5.89. The van der Waals surface area contributed by atoms with Crippen molar-refractivity contribution in [2.24, 2.45) is 11.7 Å². The molecule has 0 atom stereocenters. The van der Waals surface area contributed by atoms with Crippen molar-refractivity contribution in [2.75, 3.05) is 0 Å². The van der Waals surface area contributed by atoms with Gasteiger partial charge in [-0.3, -0.25) is 9.78 Å². The van der Waals surface area contributed by atoms with Crippen molar-refractivity contribution >= 4 is 29.0 Å². The van der Waals surface area contributed by atoms with E-state index in [1.807, 2.05) is 39.0 Å². The van der Waals surface area contributed by atoms with Crippen LogP contribution in [0.1, 0.15) is 56.0 Å². The zero-order valence-corrected chi connectivity index (χ0v) is 20.9. The number of nitrogens with zero attached hydrogens (tertiary/aromatic N) is 1. The Morgan fingerprint density at radius 3 is 2.49 bits per heavy atom. The second kappa shape index (κ2) is 9.90. The number of ether oxygens (including phenoxy) is 1. The Balaban J connectivity index is 1.87. The second-order valence-electron chi connectivity index (χ2n) is 10.3. The van der Waals surface area contributed by atoms with Crippen LogP contribution in [0.2, 0.25) is 0 Å². The summed E-state index contributed by atoms with van der Waals surface area (Å²) >= 11 is 0. The van der Waals surface area contributed by atoms with Crippen molar-refractivity contribution < 1.29 is 14.3 Å². The maximum Gasteiger partial charge on any atom is 0.407 e. The minimum atomic E-state index is -0.579. The number of hydrogen-bond donors (Lipinski definition) is 2. The number of carbonyl (C=O) groups excluding carboxylic acids is 2. The molecule has 1 aromatic heterocycles. The average Bonchev–Trinajstić information content (AvgIpc) is 3.59. The minimum Gasteiger partial charge on any atom is -0.444 e. The van der Waals surface area contributed by atoms with Crippen molar-refractivity contribution in [2.45, 2.75) is 59.1 Å². The fourth-order valence-electron chi connectivity index (χ4n) is 4.13. The normalized spacial score (nSPS) is 13.8. The lowest BCUT2D eigenvalue weighted by atomic mass is 9.91. The third-order valence-corrected chi connectivity index (χ3v) is 5.96. The summed E-state index contributed by atoms with van der Waals surface area (Å²) in [6.45, 7) is 7.92. The van der Waals surface area contributed by atoms with E-state index < -0.39 is 17.6 Å². The van der Waals surface area contributed by atoms with E-state index in [0.29, 0.717) is 12.5 Å². The Morgan fingerprint density at radius 1 is 1.14 bits per heavy atom. The number of nitrogens with two attached hydrogens (primary N) is 1. The van der Waals surface area contributed by atoms with Crippen molar-refractivity contribution in [1.82, 2.24) is 10.3 Å². The first kappa shape index (κ1) is 24.5. The molecule has 2 amide bonds. The molecule has 2 aromatic carbocycles. The maximum atomic E-state index is 12.5. The molecule has 0 unspecified atom stereocenters. The molecule has 1 fully saturated rings. The smallest absolute Gasteiger partial charge is 0.407 e. The topological polar surface area (TPSA) is 94.3 Å². The van der Waals surface area contributed by atoms with Gasteiger partial charge in [0, 0.05) is 29.3 Å². The predicted molar refractivity (Wildman–Crippen MR) is 140 cm³/mol. The first-order chi connectivity index (χ1) is 16.6. The van der Waals surface area contributed by atoms with Gasteiger partial charge < -0.3 is 15.8 Å². The van der Waals surface area contributed by atoms with E-state index in [4.69, 9.17) is 15.5 Å². The van der Waals surface area contributed by atoms with Gasteiger partial charge in [-0.15, -0.1) is 0 Å². The first-order valence-electron chi connectivity index (χ1n) is 12.1. The van der Waals surface area contributed by atoms with E-state index >= 15 is 0 Å². The summed E-state index contributed by atoms with van der Waals surface area (Å²) in [4.78, 5) is 28.9. The van der Waals surface area contributed by atoms with Gasteiger partial charge in [0.25, 0.3) is 0 Å². The van der Waals surface area contributed by atoms with E-state index in [0.717, 1.165) is 45.3 Å². The predicted octanol–water partition coefficient (Wildman–Crippen LogP) is 5.69. The largest absolute Gasteiger partial charge is 0.444 e. The van der Waals surface area contributed by atoms with Crippen LogP contribution in [0.4, 0.5) is 4.79 Å². The second-order valence-corrected chi connectivity index (χ2v) is 10.3. The Hall–Kier alpha value is -3.67. The SMILES string of the molecule is Cc1ccc(-c2c(CNC(=O)OC(C)(C)C)c(CC3CC3)nc3ccc(/C=C/C(N)=O)cc23)cc1. The van der Waals surface area contributed by atoms with Crippen molar-refractivity contribution in [1.29, 1.82) is 0 Å². The van der Waals surface area contributed by atoms with Gasteiger partial charge >= 0.3 is 6.09 Å². The van der Waals surface area contributed by atoms with Crippen molar-refractivity contribution in [3.63, 3.8) is 0 Å². The van der Waals surface area contributed by atoms with Crippen molar-refractivity contribution in [3.05, 3.63) is 70.9 Å². The van der Waals surface area contributed by atoms with Crippen molar-refractivity contribution in [3.8, 4) is 11.1 Å². The summed E-state index contributed by atoms with van der Waals surface area (Å²) < 4.78 is 5.49. The molecule has 6 heteroatoms. The van der Waals surface area contributed by atoms with E-state index in [9.17, 15) is 9.59 Å². The van der Waals surface area contributed by atoms with Crippen LogP contribution in [0, 0.1) is 12.8 Å². The van der Waals surface area contributed by atoms with E-state index in [1.54, 1.807) is 6.08 Å². The van der Waals surface area contributed by atoms with Crippen LogP contribution in [0.5, 0.6) is 0 Å². The number of primary amides is 1. The third-order valence-electron chi connectivity index (χ3n) is 5.96. The monoisotopic (exact) mass is 471 g/mol. The van der Waals surface area contributed by atoms with Crippen LogP contribution < -0.4 is 11.1 Å². The molecule has 0 saturated heterocycles. The number of carbonyl (C=O) groups is 2. The Bertz CT molecular complexity index is 1280. The van der Waals surface area contributed by atoms with E-state index in [2.05, 4.69) is 36.5 Å². The molecule has 0 radical (unpaired) electrons. The highest BCUT2D eigenvalue weighted by atomic mass is 16.6. The number of hydrogen-bond acceptors (Lipinski definition) is 4. The zero-order chi connectivity index (χ0) is 25.2. The van der Waals surface area contributed by atoms with Crippen LogP contribution in [-0.2, 0) is 22.5 Å². The van der Waals surface area contributed by atoms with Gasteiger partial charge in [-0.2, -0.15) is 0 Å². The summed E-state index contributed by atoms with van der Waals surface area (Å²) in [7, 11) is 0. The zero-order valence-electron chi connectivity index (χ0n) is 20.9. The highest BCUT2D eigenvalue weighted by Gasteiger charge is 2.26. The fraction of sp³-hybridized carbons (Fsp3) is 0.345. The number of amides is 2. The number of pyridine rings is 1. The number of nitrogens with one attached hydrogen (secondary N) is 1. The van der Waals surface area contributed by atoms with Gasteiger partial charge in [0.05, 0.1) is 5.52 Å². The van der Waals surface area contributed by atoms with Gasteiger partial charge in [0.1, 0.15) is 5.60 Å². The molecule has 1 heterocycles. The Morgan fingerprint density at radius 2 is 1.86 bits per heavy atom. The van der Waals surface area contributed by atoms with Crippen LogP contribution in [0.3, 0.4) is 0 Å². The Kier molecular flexibility index (Phi) is 6.92. The molecule has 1 aliphatic carbocycles. The van der Waals surface area contributed by atoms with Gasteiger partial charge in [-0.05, 0) is 87.8 Å². The molecular weight excluding hydrogens is 438 g/mol. The summed E-state index contributed by atoms with van der Waals surface area (Å²) in [5, 5.41) is 3.91. The summed E-state index contributed by atoms with van der Waals surface area (Å²) in [5.74, 6) is 0.132. The Labute approximate surface area is 206 Å². The van der Waals surface area contributed by atoms with Gasteiger partial charge in [0.2, 0.25) is 5.91 Å². The molecule has 35 heavy (non-hydrogen) atoms. The molecule has 4 rings (SSSR count). The average molecular weight is 472 g/mol. The number of alkyl carbamates (subject to hydrolysis) is 1. The van der Waals surface area contributed by atoms with Crippen LogP contribution in [-0.4, -0.2) is 22.6 Å². The lowest BCUT2D eigenvalue weighted by Gasteiger charge is -2.22. The van der Waals surface area contributed by atoms with E-state index in [-0.39, 0.29) is 0 Å². The van der Waals surface area contributed by atoms with Crippen LogP contribution >= 0.6 is 0 Å². The van der Waals surface area contributed by atoms with E-state index in [1.165, 1.54) is 24.5 Å². The van der Waals surface area contributed by atoms with Crippen LogP contribution in [0.25, 0.3) is 28.1 Å². The number of aryl methyl sites for hydroxylation is 1. The molecule has 3 N–H and O–H groups in total. The fourth-order valence-corrected chi connectivity index (χ4v) is 4.13. The minimum absolute atomic E-state index is 0.310. The highest BCUT2D eigenvalue weighted by Crippen LogP contribution is 2.38. The molecular formula is C29H33N3O3. The van der Waals surface area contributed by atoms with Crippen LogP contribution in [0.15, 0.2) is 48.5 Å². The molecule has 1 saturated carbocycles. The number of aromatic nitrogens is 1. The lowest BCUT2D eigenvalue weighted by Crippen LogP contribution is -2.32. The standard InChI is InChI=1S/C29H33N3O3/c1-18-5-11-21(12-6-18)27-22-15-19(10-14-26(30)33)9-13-24(22)32-25(16-20-7-8-20)23(27)17-31-28(34)35-29(2,3)4/h5-6,9-15,20H,7-8,16-17H2,1-4H3,(H2,30,33)(H,31,34)/b14-10+. The molecule has 3 aromatic rings. The first-order valence-corrected chi connectivity index (χ1v) is 12.1. The lowest BCUT2D eigenvalue weighted by molar-refractivity contribution is -0.113. The quantitative estimate of drug-likeness (QED) is 0.433. The van der Waals surface area contributed by atoms with Gasteiger partial charge in [0.15, 0.2) is 0 Å². The van der Waals surface area contributed by atoms with Gasteiger partial charge in [-0.1, -0.05) is 35.9 Å². The molecule has 6 nitrogen and oxygen atoms in total. The molecule has 0 bridgehead atoms. The summed E-state index contributed by atoms with van der Waals surface area (Å²) in [6, 6.07) is 14.3. The highest BCUT2D eigenvalue weighted by molar-refractivity contribution is 5.98. The summed E-state index contributed by atoms with van der Waals surface area (Å²) in [5.41, 5.74) is 11.7. The number of rotatable bonds is 7.